The molecule has 1 aliphatic rings. The predicted octanol–water partition coefficient (Wildman–Crippen LogP) is 6.31. The highest BCUT2D eigenvalue weighted by molar-refractivity contribution is 6.02. The minimum Gasteiger partial charge on any atom is -0.493 e. The number of alkyl halides is 3. The zero-order valence-corrected chi connectivity index (χ0v) is 23.4. The molecule has 0 amide bonds. The van der Waals surface area contributed by atoms with Crippen molar-refractivity contribution in [3.05, 3.63) is 114 Å². The number of amidine groups is 1. The van der Waals surface area contributed by atoms with Gasteiger partial charge in [-0.15, -0.1) is 0 Å². The molecule has 0 fully saturated rings. The maximum absolute atomic E-state index is 14.8. The molecule has 0 bridgehead atoms. The van der Waals surface area contributed by atoms with Crippen LogP contribution in [0, 0.1) is 5.82 Å². The molecule has 4 aromatic rings. The van der Waals surface area contributed by atoms with E-state index in [1.807, 2.05) is 24.3 Å². The summed E-state index contributed by atoms with van der Waals surface area (Å²) >= 11 is 0. The number of aromatic carboxylic acids is 1. The number of nitrogens with zero attached hydrogens (tertiary/aromatic N) is 3. The fourth-order valence-electron chi connectivity index (χ4n) is 4.78. The number of carbonyl (C=O) groups is 1. The molecule has 1 aliphatic heterocycles. The van der Waals surface area contributed by atoms with E-state index in [0.29, 0.717) is 24.5 Å². The number of halogens is 4. The van der Waals surface area contributed by atoms with Crippen LogP contribution in [0.1, 0.15) is 28.4 Å². The van der Waals surface area contributed by atoms with Crippen LogP contribution in [0.2, 0.25) is 0 Å². The van der Waals surface area contributed by atoms with Crippen molar-refractivity contribution in [1.82, 2.24) is 5.32 Å². The minimum atomic E-state index is -4.52. The van der Waals surface area contributed by atoms with Crippen LogP contribution < -0.4 is 20.0 Å². The molecule has 0 saturated heterocycles. The maximum Gasteiger partial charge on any atom is 0.416 e. The molecule has 44 heavy (non-hydrogen) atoms. The number of benzene rings is 4. The molecular formula is C32H28F4N4O4. The topological polar surface area (TPSA) is 97.6 Å². The molecule has 0 radical (unpaired) electrons. The summed E-state index contributed by atoms with van der Waals surface area (Å²) in [6.07, 6.45) is -6.03. The van der Waals surface area contributed by atoms with Crippen molar-refractivity contribution >= 4 is 23.2 Å². The molecule has 1 atom stereocenters. The summed E-state index contributed by atoms with van der Waals surface area (Å²) in [4.78, 5) is 13.0. The largest absolute Gasteiger partial charge is 0.493 e. The first-order chi connectivity index (χ1) is 21.1. The lowest BCUT2D eigenvalue weighted by Gasteiger charge is -2.28. The van der Waals surface area contributed by atoms with Gasteiger partial charge in [-0.3, -0.25) is 4.90 Å². The Kier molecular flexibility index (Phi) is 8.83. The highest BCUT2D eigenvalue weighted by atomic mass is 19.4. The monoisotopic (exact) mass is 608 g/mol. The molecule has 5 rings (SSSR count). The molecule has 0 aromatic heterocycles. The molecule has 0 saturated carbocycles. The molecule has 0 aliphatic carbocycles. The Labute approximate surface area is 250 Å². The summed E-state index contributed by atoms with van der Waals surface area (Å²) in [5, 5.41) is 29.4. The van der Waals surface area contributed by atoms with Gasteiger partial charge < -0.3 is 20.3 Å². The van der Waals surface area contributed by atoms with Gasteiger partial charge in [-0.1, -0.05) is 42.5 Å². The van der Waals surface area contributed by atoms with Crippen LogP contribution in [0.25, 0.3) is 11.1 Å². The fourth-order valence-corrected chi connectivity index (χ4v) is 4.78. The zero-order chi connectivity index (χ0) is 31.4. The average molecular weight is 609 g/mol. The molecule has 1 unspecified atom stereocenters. The number of carboxylic acids is 1. The van der Waals surface area contributed by atoms with Crippen LogP contribution in [0.3, 0.4) is 0 Å². The normalized spacial score (nSPS) is 15.0. The van der Waals surface area contributed by atoms with Crippen molar-refractivity contribution in [2.45, 2.75) is 26.0 Å². The van der Waals surface area contributed by atoms with Crippen LogP contribution in [-0.2, 0) is 12.7 Å². The van der Waals surface area contributed by atoms with Gasteiger partial charge >= 0.3 is 12.1 Å². The van der Waals surface area contributed by atoms with Gasteiger partial charge in [-0.25, -0.2) is 14.2 Å². The number of rotatable bonds is 10. The van der Waals surface area contributed by atoms with Gasteiger partial charge in [0.2, 0.25) is 6.35 Å². The number of aliphatic hydroxyl groups excluding tert-OH is 1. The fraction of sp³-hybridized carbons (Fsp3) is 0.188. The Morgan fingerprint density at radius 1 is 0.955 bits per heavy atom. The molecular weight excluding hydrogens is 580 g/mol. The number of hydrogen-bond acceptors (Lipinski definition) is 7. The first-order valence-corrected chi connectivity index (χ1v) is 13.6. The Balaban J connectivity index is 1.32. The Morgan fingerprint density at radius 2 is 1.64 bits per heavy atom. The number of hydrazone groups is 1. The third kappa shape index (κ3) is 6.51. The highest BCUT2D eigenvalue weighted by Gasteiger charge is 2.36. The Bertz CT molecular complexity index is 1660. The van der Waals surface area contributed by atoms with Crippen LogP contribution in [-0.4, -0.2) is 41.5 Å². The van der Waals surface area contributed by atoms with E-state index in [1.54, 1.807) is 31.2 Å². The summed E-state index contributed by atoms with van der Waals surface area (Å²) in [5.41, 5.74) is 1.87. The van der Waals surface area contributed by atoms with E-state index in [0.717, 1.165) is 28.3 Å². The third-order valence-electron chi connectivity index (χ3n) is 6.93. The molecule has 8 nitrogen and oxygen atoms in total. The van der Waals surface area contributed by atoms with Crippen molar-refractivity contribution in [2.24, 2.45) is 5.10 Å². The standard InChI is InChI=1S/C32H28F4N4O4/c1-2-44-28-16-11-22(17-25(28)30(41)42)21-9-7-20(8-10-21)18-37-19-29-38-40(24-14-12-23(13-15-24)32(34,35)36)31(43)39(29)27-6-4-3-5-26(27)33/h3-17,31,37,43H,2,18-19H2,1H3,(H,41,42). The maximum atomic E-state index is 14.8. The van der Waals surface area contributed by atoms with Crippen molar-refractivity contribution in [2.75, 3.05) is 23.1 Å². The van der Waals surface area contributed by atoms with Crippen LogP contribution >= 0.6 is 0 Å². The van der Waals surface area contributed by atoms with Gasteiger partial charge in [-0.05, 0) is 72.1 Å². The van der Waals surface area contributed by atoms with Crippen LogP contribution in [0.5, 0.6) is 5.75 Å². The van der Waals surface area contributed by atoms with E-state index >= 15 is 0 Å². The van der Waals surface area contributed by atoms with Gasteiger partial charge in [0.25, 0.3) is 0 Å². The summed E-state index contributed by atoms with van der Waals surface area (Å²) in [6.45, 7) is 2.58. The predicted molar refractivity (Wildman–Crippen MR) is 158 cm³/mol. The van der Waals surface area contributed by atoms with Crippen LogP contribution in [0.15, 0.2) is 96.1 Å². The summed E-state index contributed by atoms with van der Waals surface area (Å²) < 4.78 is 59.4. The van der Waals surface area contributed by atoms with Gasteiger partial charge in [0, 0.05) is 6.54 Å². The SMILES string of the molecule is CCOc1ccc(-c2ccc(CNCC3=NN(c4ccc(C(F)(F)F)cc4)C(O)N3c3ccccc3F)cc2)cc1C(=O)O. The number of aliphatic hydroxyl groups is 1. The van der Waals surface area contributed by atoms with Crippen molar-refractivity contribution in [1.29, 1.82) is 0 Å². The van der Waals surface area contributed by atoms with Gasteiger partial charge in [0.1, 0.15) is 23.0 Å². The number of anilines is 2. The van der Waals surface area contributed by atoms with E-state index in [9.17, 15) is 32.6 Å². The number of nitrogens with one attached hydrogen (secondary N) is 1. The van der Waals surface area contributed by atoms with E-state index < -0.39 is 29.9 Å². The van der Waals surface area contributed by atoms with E-state index in [-0.39, 0.29) is 29.3 Å². The van der Waals surface area contributed by atoms with Crippen LogP contribution in [0.4, 0.5) is 28.9 Å². The summed E-state index contributed by atoms with van der Waals surface area (Å²) in [7, 11) is 0. The second kappa shape index (κ2) is 12.7. The smallest absolute Gasteiger partial charge is 0.416 e. The lowest BCUT2D eigenvalue weighted by atomic mass is 10.0. The average Bonchev–Trinajstić information content (AvgIpc) is 3.33. The van der Waals surface area contributed by atoms with E-state index in [2.05, 4.69) is 10.4 Å². The number of carboxylic acid groups (broad SMARTS) is 1. The Morgan fingerprint density at radius 3 is 2.27 bits per heavy atom. The molecule has 3 N–H and O–H groups in total. The summed E-state index contributed by atoms with van der Waals surface area (Å²) in [5.74, 6) is -1.15. The van der Waals surface area contributed by atoms with Gasteiger partial charge in [0.15, 0.2) is 0 Å². The minimum absolute atomic E-state index is 0.0513. The lowest BCUT2D eigenvalue weighted by molar-refractivity contribution is -0.137. The Hall–Kier alpha value is -4.94. The molecule has 228 valence electrons. The molecule has 12 heteroatoms. The van der Waals surface area contributed by atoms with Gasteiger partial charge in [0.05, 0.1) is 30.1 Å². The molecule has 1 heterocycles. The van der Waals surface area contributed by atoms with E-state index in [4.69, 9.17) is 4.74 Å². The quantitative estimate of drug-likeness (QED) is 0.182. The highest BCUT2D eigenvalue weighted by Crippen LogP contribution is 2.34. The second-order valence-electron chi connectivity index (χ2n) is 9.82. The zero-order valence-electron chi connectivity index (χ0n) is 23.4. The van der Waals surface area contributed by atoms with E-state index in [1.165, 1.54) is 35.2 Å². The first kappa shape index (κ1) is 30.5. The number of para-hydroxylation sites is 1. The second-order valence-corrected chi connectivity index (χ2v) is 9.82. The summed E-state index contributed by atoms with van der Waals surface area (Å²) in [6, 6.07) is 22.4. The van der Waals surface area contributed by atoms with Crippen molar-refractivity contribution in [3.63, 3.8) is 0 Å². The number of ether oxygens (including phenoxy) is 1. The lowest BCUT2D eigenvalue weighted by Crippen LogP contribution is -2.45. The molecule has 0 spiro atoms. The number of hydrogen-bond donors (Lipinski definition) is 3. The third-order valence-corrected chi connectivity index (χ3v) is 6.93. The van der Waals surface area contributed by atoms with Crippen molar-refractivity contribution in [3.8, 4) is 16.9 Å². The first-order valence-electron chi connectivity index (χ1n) is 13.6. The van der Waals surface area contributed by atoms with Gasteiger partial charge in [-0.2, -0.15) is 18.3 Å². The van der Waals surface area contributed by atoms with Crippen molar-refractivity contribution < 1.29 is 37.3 Å². The molecule has 4 aromatic carbocycles.